The van der Waals surface area contributed by atoms with Gasteiger partial charge in [0.15, 0.2) is 6.61 Å². The highest BCUT2D eigenvalue weighted by Gasteiger charge is 2.12. The molecule has 128 valence electrons. The molecule has 0 saturated carbocycles. The average Bonchev–Trinajstić information content (AvgIpc) is 2.61. The van der Waals surface area contributed by atoms with E-state index in [9.17, 15) is 9.59 Å². The molecular formula is C19H16ClNO4. The largest absolute Gasteiger partial charge is 0.484 e. The molecule has 1 aromatic heterocycles. The van der Waals surface area contributed by atoms with Gasteiger partial charge < -0.3 is 14.1 Å². The molecule has 3 aromatic rings. The third-order valence-electron chi connectivity index (χ3n) is 3.75. The highest BCUT2D eigenvalue weighted by atomic mass is 35.5. The number of benzene rings is 2. The number of carbonyl (C=O) groups is 1. The lowest BCUT2D eigenvalue weighted by Crippen LogP contribution is -2.31. The summed E-state index contributed by atoms with van der Waals surface area (Å²) in [7, 11) is 1.69. The summed E-state index contributed by atoms with van der Waals surface area (Å²) in [6.45, 7) is 0.276. The van der Waals surface area contributed by atoms with Crippen LogP contribution >= 0.6 is 11.6 Å². The second-order valence-electron chi connectivity index (χ2n) is 5.58. The van der Waals surface area contributed by atoms with E-state index >= 15 is 0 Å². The number of carbonyl (C=O) groups excluding carboxylic acids is 1. The fourth-order valence-electron chi connectivity index (χ4n) is 2.36. The number of fused-ring (bicyclic) bond motifs is 1. The lowest BCUT2D eigenvalue weighted by Gasteiger charge is -2.18. The van der Waals surface area contributed by atoms with Gasteiger partial charge in [-0.3, -0.25) is 4.79 Å². The number of nitrogens with zero attached hydrogens (tertiary/aromatic N) is 1. The zero-order valence-electron chi connectivity index (χ0n) is 13.6. The monoisotopic (exact) mass is 357 g/mol. The predicted molar refractivity (Wildman–Crippen MR) is 95.9 cm³/mol. The molecule has 5 nitrogen and oxygen atoms in total. The van der Waals surface area contributed by atoms with Crippen molar-refractivity contribution in [1.82, 2.24) is 4.90 Å². The Morgan fingerprint density at radius 3 is 2.72 bits per heavy atom. The van der Waals surface area contributed by atoms with Gasteiger partial charge in [-0.1, -0.05) is 29.8 Å². The highest BCUT2D eigenvalue weighted by Crippen LogP contribution is 2.20. The molecule has 1 heterocycles. The second kappa shape index (κ2) is 7.40. The van der Waals surface area contributed by atoms with Crippen LogP contribution in [0.3, 0.4) is 0 Å². The zero-order chi connectivity index (χ0) is 17.8. The van der Waals surface area contributed by atoms with Gasteiger partial charge in [-0.25, -0.2) is 4.79 Å². The van der Waals surface area contributed by atoms with E-state index in [1.165, 1.54) is 6.07 Å². The van der Waals surface area contributed by atoms with Gasteiger partial charge in [0.2, 0.25) is 0 Å². The van der Waals surface area contributed by atoms with Crippen molar-refractivity contribution in [3.8, 4) is 5.75 Å². The van der Waals surface area contributed by atoms with Gasteiger partial charge in [0.1, 0.15) is 11.3 Å². The molecule has 0 saturated heterocycles. The smallest absolute Gasteiger partial charge is 0.336 e. The van der Waals surface area contributed by atoms with Crippen molar-refractivity contribution in [1.29, 1.82) is 0 Å². The maximum Gasteiger partial charge on any atom is 0.336 e. The first-order valence-electron chi connectivity index (χ1n) is 7.67. The first-order chi connectivity index (χ1) is 12.0. The molecule has 0 aliphatic rings. The molecule has 25 heavy (non-hydrogen) atoms. The SMILES string of the molecule is CN(Cc1ccccc1Cl)C(=O)COc1ccc2ccc(=O)oc2c1. The standard InChI is InChI=1S/C19H16ClNO4/c1-21(11-14-4-2-3-5-16(14)20)18(22)12-24-15-8-6-13-7-9-19(23)25-17(13)10-15/h2-10H,11-12H2,1H3. The third kappa shape index (κ3) is 4.19. The minimum Gasteiger partial charge on any atom is -0.484 e. The number of likely N-dealkylation sites (N-methyl/N-ethyl adjacent to an activating group) is 1. The van der Waals surface area contributed by atoms with Crippen LogP contribution in [0.25, 0.3) is 11.0 Å². The van der Waals surface area contributed by atoms with E-state index in [0.29, 0.717) is 22.9 Å². The van der Waals surface area contributed by atoms with E-state index < -0.39 is 5.63 Å². The molecule has 0 unspecified atom stereocenters. The Balaban J connectivity index is 1.63. The van der Waals surface area contributed by atoms with E-state index in [4.69, 9.17) is 20.8 Å². The van der Waals surface area contributed by atoms with Gasteiger partial charge in [-0.15, -0.1) is 0 Å². The fourth-order valence-corrected chi connectivity index (χ4v) is 2.55. The van der Waals surface area contributed by atoms with Crippen LogP contribution < -0.4 is 10.4 Å². The van der Waals surface area contributed by atoms with Crippen LogP contribution in [0, 0.1) is 0 Å². The number of rotatable bonds is 5. The molecule has 0 radical (unpaired) electrons. The van der Waals surface area contributed by atoms with Crippen LogP contribution in [0.2, 0.25) is 5.02 Å². The molecule has 2 aromatic carbocycles. The Morgan fingerprint density at radius 1 is 1.16 bits per heavy atom. The van der Waals surface area contributed by atoms with Gasteiger partial charge in [-0.2, -0.15) is 0 Å². The van der Waals surface area contributed by atoms with Crippen molar-refractivity contribution in [2.24, 2.45) is 0 Å². The Bertz CT molecular complexity index is 967. The van der Waals surface area contributed by atoms with Gasteiger partial charge in [0, 0.05) is 36.1 Å². The summed E-state index contributed by atoms with van der Waals surface area (Å²) < 4.78 is 10.6. The molecule has 0 aliphatic carbocycles. The summed E-state index contributed by atoms with van der Waals surface area (Å²) in [6, 6.07) is 15.5. The first kappa shape index (κ1) is 17.0. The third-order valence-corrected chi connectivity index (χ3v) is 4.12. The van der Waals surface area contributed by atoms with E-state index in [-0.39, 0.29) is 12.5 Å². The Hall–Kier alpha value is -2.79. The van der Waals surface area contributed by atoms with Crippen LogP contribution in [0.15, 0.2) is 63.8 Å². The van der Waals surface area contributed by atoms with Gasteiger partial charge in [0.05, 0.1) is 0 Å². The maximum absolute atomic E-state index is 12.2. The molecular weight excluding hydrogens is 342 g/mol. The average molecular weight is 358 g/mol. The van der Waals surface area contributed by atoms with Crippen LogP contribution in [-0.2, 0) is 11.3 Å². The van der Waals surface area contributed by atoms with E-state index in [1.807, 2.05) is 18.2 Å². The molecule has 0 bridgehead atoms. The normalized spacial score (nSPS) is 10.6. The minimum absolute atomic E-state index is 0.122. The highest BCUT2D eigenvalue weighted by molar-refractivity contribution is 6.31. The molecule has 0 atom stereocenters. The van der Waals surface area contributed by atoms with Crippen molar-refractivity contribution < 1.29 is 13.9 Å². The first-order valence-corrected chi connectivity index (χ1v) is 8.05. The summed E-state index contributed by atoms with van der Waals surface area (Å²) in [5.74, 6) is 0.274. The van der Waals surface area contributed by atoms with Crippen molar-refractivity contribution in [3.63, 3.8) is 0 Å². The molecule has 0 fully saturated rings. The number of ether oxygens (including phenoxy) is 1. The number of amides is 1. The van der Waals surface area contributed by atoms with E-state index in [0.717, 1.165) is 10.9 Å². The molecule has 0 spiro atoms. The zero-order valence-corrected chi connectivity index (χ0v) is 14.3. The quantitative estimate of drug-likeness (QED) is 0.656. The lowest BCUT2D eigenvalue weighted by molar-refractivity contribution is -0.132. The van der Waals surface area contributed by atoms with Crippen LogP contribution in [0.1, 0.15) is 5.56 Å². The van der Waals surface area contributed by atoms with Gasteiger partial charge in [-0.05, 0) is 29.8 Å². The number of hydrogen-bond donors (Lipinski definition) is 0. The minimum atomic E-state index is -0.430. The van der Waals surface area contributed by atoms with Crippen LogP contribution in [0.4, 0.5) is 0 Å². The summed E-state index contributed by atoms with van der Waals surface area (Å²) in [5.41, 5.74) is 0.856. The van der Waals surface area contributed by atoms with Crippen molar-refractivity contribution in [2.45, 2.75) is 6.54 Å². The van der Waals surface area contributed by atoms with E-state index in [1.54, 1.807) is 42.3 Å². The van der Waals surface area contributed by atoms with Crippen molar-refractivity contribution >= 4 is 28.5 Å². The van der Waals surface area contributed by atoms with Gasteiger partial charge >= 0.3 is 5.63 Å². The summed E-state index contributed by atoms with van der Waals surface area (Å²) in [5, 5.41) is 1.40. The predicted octanol–water partition coefficient (Wildman–Crippen LogP) is 3.48. The Kier molecular flexibility index (Phi) is 5.05. The summed E-state index contributed by atoms with van der Waals surface area (Å²) >= 11 is 6.11. The summed E-state index contributed by atoms with van der Waals surface area (Å²) in [4.78, 5) is 25.1. The number of hydrogen-bond acceptors (Lipinski definition) is 4. The van der Waals surface area contributed by atoms with E-state index in [2.05, 4.69) is 0 Å². The lowest BCUT2D eigenvalue weighted by atomic mass is 10.2. The van der Waals surface area contributed by atoms with Crippen LogP contribution in [0.5, 0.6) is 5.75 Å². The topological polar surface area (TPSA) is 59.8 Å². The molecule has 1 amide bonds. The van der Waals surface area contributed by atoms with Crippen molar-refractivity contribution in [2.75, 3.05) is 13.7 Å². The van der Waals surface area contributed by atoms with Crippen LogP contribution in [-0.4, -0.2) is 24.5 Å². The molecule has 3 rings (SSSR count). The maximum atomic E-state index is 12.2. The molecule has 6 heteroatoms. The molecule has 0 N–H and O–H groups in total. The number of halogens is 1. The fraction of sp³-hybridized carbons (Fsp3) is 0.158. The Labute approximate surface area is 149 Å². The van der Waals surface area contributed by atoms with Crippen molar-refractivity contribution in [3.05, 3.63) is 75.6 Å². The molecule has 0 aliphatic heterocycles. The summed E-state index contributed by atoms with van der Waals surface area (Å²) in [6.07, 6.45) is 0. The Morgan fingerprint density at radius 2 is 1.92 bits per heavy atom. The van der Waals surface area contributed by atoms with Gasteiger partial charge in [0.25, 0.3) is 5.91 Å². The second-order valence-corrected chi connectivity index (χ2v) is 5.99.